The molecular weight excluding hydrogens is 210 g/mol. The molecule has 0 aliphatic rings. The molecule has 1 unspecified atom stereocenters. The van der Waals surface area contributed by atoms with Crippen molar-refractivity contribution >= 4 is 11.9 Å². The molecule has 0 fully saturated rings. The molecule has 0 aliphatic carbocycles. The maximum atomic E-state index is 11.6. The van der Waals surface area contributed by atoms with Crippen LogP contribution in [0.25, 0.3) is 0 Å². The molecule has 0 N–H and O–H groups in total. The molecule has 0 radical (unpaired) electrons. The minimum absolute atomic E-state index is 0.186. The molecule has 0 aromatic carbocycles. The molecule has 0 aromatic rings. The highest BCUT2D eigenvalue weighted by atomic mass is 16.5. The summed E-state index contributed by atoms with van der Waals surface area (Å²) >= 11 is 0. The fourth-order valence-corrected chi connectivity index (χ4v) is 1.23. The van der Waals surface area contributed by atoms with Crippen LogP contribution in [0, 0.1) is 16.7 Å². The summed E-state index contributed by atoms with van der Waals surface area (Å²) in [4.78, 5) is 22.9. The minimum Gasteiger partial charge on any atom is -0.466 e. The van der Waals surface area contributed by atoms with Gasteiger partial charge < -0.3 is 9.47 Å². The number of carbonyl (C=O) groups excluding carboxylic acids is 2. The van der Waals surface area contributed by atoms with Gasteiger partial charge in [-0.3, -0.25) is 9.59 Å². The molecule has 0 saturated carbocycles. The number of esters is 2. The van der Waals surface area contributed by atoms with E-state index in [1.807, 2.05) is 6.07 Å². The van der Waals surface area contributed by atoms with E-state index in [2.05, 4.69) is 0 Å². The van der Waals surface area contributed by atoms with Crippen LogP contribution >= 0.6 is 0 Å². The van der Waals surface area contributed by atoms with E-state index in [-0.39, 0.29) is 26.1 Å². The third-order valence-electron chi connectivity index (χ3n) is 2.24. The Morgan fingerprint density at radius 1 is 1.19 bits per heavy atom. The first-order chi connectivity index (χ1) is 7.56. The fourth-order valence-electron chi connectivity index (χ4n) is 1.23. The zero-order valence-electron chi connectivity index (χ0n) is 9.91. The highest BCUT2D eigenvalue weighted by Gasteiger charge is 2.41. The highest BCUT2D eigenvalue weighted by molar-refractivity contribution is 5.86. The van der Waals surface area contributed by atoms with Crippen LogP contribution in [-0.2, 0) is 19.1 Å². The maximum absolute atomic E-state index is 11.6. The van der Waals surface area contributed by atoms with Gasteiger partial charge in [0.2, 0.25) is 0 Å². The van der Waals surface area contributed by atoms with E-state index < -0.39 is 17.4 Å². The van der Waals surface area contributed by atoms with E-state index >= 15 is 0 Å². The summed E-state index contributed by atoms with van der Waals surface area (Å²) in [6.07, 6.45) is -0.0339. The molecular formula is C11H17NO4. The van der Waals surface area contributed by atoms with Crippen LogP contribution < -0.4 is 0 Å². The molecule has 0 bridgehead atoms. The van der Waals surface area contributed by atoms with Crippen LogP contribution in [0.2, 0.25) is 0 Å². The Morgan fingerprint density at radius 3 is 2.12 bits per heavy atom. The van der Waals surface area contributed by atoms with Gasteiger partial charge in [-0.1, -0.05) is 6.92 Å². The predicted octanol–water partition coefficient (Wildman–Crippen LogP) is 1.42. The lowest BCUT2D eigenvalue weighted by Crippen LogP contribution is -2.34. The molecule has 0 amide bonds. The average Bonchev–Trinajstić information content (AvgIpc) is 2.26. The van der Waals surface area contributed by atoms with Gasteiger partial charge in [-0.2, -0.15) is 5.26 Å². The van der Waals surface area contributed by atoms with E-state index in [0.29, 0.717) is 0 Å². The SMILES string of the molecule is CCOC(=O)CC(C#N)(CC)C(=O)OCC. The summed E-state index contributed by atoms with van der Waals surface area (Å²) in [7, 11) is 0. The monoisotopic (exact) mass is 227 g/mol. The molecule has 1 atom stereocenters. The molecule has 0 aromatic heterocycles. The summed E-state index contributed by atoms with van der Waals surface area (Å²) in [6.45, 7) is 5.40. The lowest BCUT2D eigenvalue weighted by atomic mass is 9.83. The zero-order valence-corrected chi connectivity index (χ0v) is 9.91. The minimum atomic E-state index is -1.41. The zero-order chi connectivity index (χ0) is 12.6. The van der Waals surface area contributed by atoms with Gasteiger partial charge in [-0.25, -0.2) is 0 Å². The van der Waals surface area contributed by atoms with Crippen LogP contribution in [0.4, 0.5) is 0 Å². The van der Waals surface area contributed by atoms with Gasteiger partial charge in [-0.05, 0) is 20.3 Å². The van der Waals surface area contributed by atoms with Gasteiger partial charge >= 0.3 is 11.9 Å². The van der Waals surface area contributed by atoms with Crippen LogP contribution in [0.1, 0.15) is 33.6 Å². The van der Waals surface area contributed by atoms with Crippen molar-refractivity contribution < 1.29 is 19.1 Å². The lowest BCUT2D eigenvalue weighted by molar-refractivity contribution is -0.159. The molecule has 90 valence electrons. The number of nitriles is 1. The van der Waals surface area contributed by atoms with E-state index in [1.165, 1.54) is 0 Å². The van der Waals surface area contributed by atoms with Crippen molar-refractivity contribution in [3.8, 4) is 6.07 Å². The third kappa shape index (κ3) is 3.54. The number of ether oxygens (including phenoxy) is 2. The van der Waals surface area contributed by atoms with Gasteiger partial charge in [0, 0.05) is 0 Å². The highest BCUT2D eigenvalue weighted by Crippen LogP contribution is 2.28. The first kappa shape index (κ1) is 14.4. The maximum Gasteiger partial charge on any atom is 0.327 e. The Balaban J connectivity index is 4.76. The van der Waals surface area contributed by atoms with Crippen molar-refractivity contribution in [2.45, 2.75) is 33.6 Å². The van der Waals surface area contributed by atoms with E-state index in [4.69, 9.17) is 14.7 Å². The number of hydrogen-bond acceptors (Lipinski definition) is 5. The first-order valence-electron chi connectivity index (χ1n) is 5.30. The van der Waals surface area contributed by atoms with Crippen molar-refractivity contribution in [3.63, 3.8) is 0 Å². The van der Waals surface area contributed by atoms with Crippen LogP contribution in [0.15, 0.2) is 0 Å². The number of hydrogen-bond donors (Lipinski definition) is 0. The van der Waals surface area contributed by atoms with Crippen LogP contribution in [0.3, 0.4) is 0 Å². The molecule has 0 rings (SSSR count). The largest absolute Gasteiger partial charge is 0.466 e. The summed E-state index contributed by atoms with van der Waals surface area (Å²) < 4.78 is 9.53. The molecule has 0 aliphatic heterocycles. The molecule has 0 spiro atoms. The summed E-state index contributed by atoms with van der Waals surface area (Å²) in [5, 5.41) is 9.03. The summed E-state index contributed by atoms with van der Waals surface area (Å²) in [6, 6.07) is 1.86. The Kier molecular flexibility index (Phi) is 6.16. The third-order valence-corrected chi connectivity index (χ3v) is 2.24. The standard InChI is InChI=1S/C11H17NO4/c1-4-11(8-12,10(14)16-6-3)7-9(13)15-5-2/h4-7H2,1-3H3. The molecule has 5 nitrogen and oxygen atoms in total. The molecule has 16 heavy (non-hydrogen) atoms. The Bertz CT molecular complexity index is 295. The van der Waals surface area contributed by atoms with Crippen LogP contribution in [-0.4, -0.2) is 25.2 Å². The van der Waals surface area contributed by atoms with Gasteiger partial charge in [0.1, 0.15) is 0 Å². The molecule has 5 heteroatoms. The second-order valence-corrected chi connectivity index (χ2v) is 3.25. The fraction of sp³-hybridized carbons (Fsp3) is 0.727. The topological polar surface area (TPSA) is 76.4 Å². The van der Waals surface area contributed by atoms with E-state index in [1.54, 1.807) is 20.8 Å². The molecule has 0 saturated heterocycles. The van der Waals surface area contributed by atoms with E-state index in [9.17, 15) is 9.59 Å². The number of rotatable bonds is 6. The van der Waals surface area contributed by atoms with Crippen molar-refractivity contribution in [1.29, 1.82) is 5.26 Å². The van der Waals surface area contributed by atoms with Crippen molar-refractivity contribution in [2.75, 3.05) is 13.2 Å². The second-order valence-electron chi connectivity index (χ2n) is 3.25. The average molecular weight is 227 g/mol. The Labute approximate surface area is 95.3 Å². The van der Waals surface area contributed by atoms with Crippen molar-refractivity contribution in [3.05, 3.63) is 0 Å². The summed E-state index contributed by atoms with van der Waals surface area (Å²) in [5.41, 5.74) is -1.41. The summed E-state index contributed by atoms with van der Waals surface area (Å²) in [5.74, 6) is -1.22. The van der Waals surface area contributed by atoms with Crippen molar-refractivity contribution in [1.82, 2.24) is 0 Å². The Hall–Kier alpha value is -1.57. The Morgan fingerprint density at radius 2 is 1.75 bits per heavy atom. The van der Waals surface area contributed by atoms with Gasteiger partial charge in [0.05, 0.1) is 25.7 Å². The van der Waals surface area contributed by atoms with Crippen molar-refractivity contribution in [2.24, 2.45) is 5.41 Å². The quantitative estimate of drug-likeness (QED) is 0.641. The second kappa shape index (κ2) is 6.83. The lowest BCUT2D eigenvalue weighted by Gasteiger charge is -2.21. The van der Waals surface area contributed by atoms with Gasteiger partial charge in [0.25, 0.3) is 0 Å². The number of carbonyl (C=O) groups is 2. The van der Waals surface area contributed by atoms with Crippen LogP contribution in [0.5, 0.6) is 0 Å². The first-order valence-corrected chi connectivity index (χ1v) is 5.30. The number of nitrogens with zero attached hydrogens (tertiary/aromatic N) is 1. The molecule has 0 heterocycles. The van der Waals surface area contributed by atoms with Gasteiger partial charge in [-0.15, -0.1) is 0 Å². The normalized spacial score (nSPS) is 13.4. The predicted molar refractivity (Wildman–Crippen MR) is 56.2 cm³/mol. The van der Waals surface area contributed by atoms with Gasteiger partial charge in [0.15, 0.2) is 5.41 Å². The van der Waals surface area contributed by atoms with E-state index in [0.717, 1.165) is 0 Å². The smallest absolute Gasteiger partial charge is 0.327 e.